The molecule has 2 heteroatoms. The first-order valence-corrected chi connectivity index (χ1v) is 11.9. The van der Waals surface area contributed by atoms with Crippen molar-refractivity contribution in [2.24, 2.45) is 28.6 Å². The third-order valence-corrected chi connectivity index (χ3v) is 9.61. The van der Waals surface area contributed by atoms with Crippen LogP contribution in [0.1, 0.15) is 64.4 Å². The van der Waals surface area contributed by atoms with Gasteiger partial charge < -0.3 is 5.11 Å². The molecular weight excluding hydrogens is 366 g/mol. The fourth-order valence-electron chi connectivity index (χ4n) is 7.91. The molecule has 4 aliphatic rings. The molecule has 1 aromatic carbocycles. The Bertz CT molecular complexity index is 1070. The van der Waals surface area contributed by atoms with Crippen LogP contribution in [0, 0.1) is 28.6 Å². The fourth-order valence-corrected chi connectivity index (χ4v) is 7.91. The minimum absolute atomic E-state index is 0.113. The van der Waals surface area contributed by atoms with Gasteiger partial charge >= 0.3 is 0 Å². The Kier molecular flexibility index (Phi) is 4.10. The molecule has 30 heavy (non-hydrogen) atoms. The second-order valence-electron chi connectivity index (χ2n) is 10.9. The smallest absolute Gasteiger partial charge is 0.0577 e. The summed E-state index contributed by atoms with van der Waals surface area (Å²) < 4.78 is 0. The van der Waals surface area contributed by atoms with Gasteiger partial charge in [-0.15, -0.1) is 0 Å². The molecule has 0 amide bonds. The number of benzene rings is 1. The second kappa shape index (κ2) is 6.53. The van der Waals surface area contributed by atoms with Crippen LogP contribution in [-0.4, -0.2) is 16.2 Å². The first kappa shape index (κ1) is 18.8. The molecule has 0 saturated heterocycles. The highest BCUT2D eigenvalue weighted by molar-refractivity contribution is 5.86. The minimum atomic E-state index is -0.113. The van der Waals surface area contributed by atoms with E-state index in [4.69, 9.17) is 0 Å². The molecule has 2 saturated carbocycles. The summed E-state index contributed by atoms with van der Waals surface area (Å²) in [5.41, 5.74) is 5.18. The molecule has 6 atom stereocenters. The SMILES string of the molecule is C[C@]12CC[C@@H](O)CC1=CC[C@@H]1[C@@H]2CC[C@]2(C)C(c3ccc4cnccc4c3)=CC[C@@H]12. The Morgan fingerprint density at radius 2 is 1.80 bits per heavy atom. The zero-order chi connectivity index (χ0) is 20.5. The van der Waals surface area contributed by atoms with E-state index in [0.717, 1.165) is 30.6 Å². The predicted octanol–water partition coefficient (Wildman–Crippen LogP) is 6.55. The number of nitrogens with zero attached hydrogens (tertiary/aromatic N) is 1. The van der Waals surface area contributed by atoms with Crippen molar-refractivity contribution < 1.29 is 5.11 Å². The fraction of sp³-hybridized carbons (Fsp3) is 0.536. The molecule has 2 nitrogen and oxygen atoms in total. The van der Waals surface area contributed by atoms with Gasteiger partial charge in [0.25, 0.3) is 0 Å². The third-order valence-electron chi connectivity index (χ3n) is 9.61. The summed E-state index contributed by atoms with van der Waals surface area (Å²) in [6.07, 6.45) is 17.0. The maximum absolute atomic E-state index is 10.2. The van der Waals surface area contributed by atoms with Gasteiger partial charge in [-0.05, 0) is 102 Å². The second-order valence-corrected chi connectivity index (χ2v) is 10.9. The maximum atomic E-state index is 10.2. The van der Waals surface area contributed by atoms with E-state index in [-0.39, 0.29) is 11.5 Å². The number of rotatable bonds is 1. The van der Waals surface area contributed by atoms with Crippen LogP contribution in [0.4, 0.5) is 0 Å². The van der Waals surface area contributed by atoms with Crippen molar-refractivity contribution in [3.8, 4) is 0 Å². The average molecular weight is 400 g/mol. The summed E-state index contributed by atoms with van der Waals surface area (Å²) in [6.45, 7) is 5.07. The number of hydrogen-bond acceptors (Lipinski definition) is 2. The van der Waals surface area contributed by atoms with Crippen molar-refractivity contribution >= 4 is 16.3 Å². The third kappa shape index (κ3) is 2.56. The van der Waals surface area contributed by atoms with Gasteiger partial charge in [0.1, 0.15) is 0 Å². The lowest BCUT2D eigenvalue weighted by atomic mass is 9.47. The molecule has 156 valence electrons. The largest absolute Gasteiger partial charge is 0.393 e. The van der Waals surface area contributed by atoms with Crippen molar-refractivity contribution in [2.45, 2.75) is 64.9 Å². The Balaban J connectivity index is 1.34. The molecule has 0 aliphatic heterocycles. The first-order chi connectivity index (χ1) is 14.5. The van der Waals surface area contributed by atoms with Gasteiger partial charge in [-0.1, -0.05) is 43.7 Å². The highest BCUT2D eigenvalue weighted by Crippen LogP contribution is 2.66. The lowest BCUT2D eigenvalue weighted by Gasteiger charge is -2.57. The summed E-state index contributed by atoms with van der Waals surface area (Å²) in [4.78, 5) is 4.27. The molecule has 0 unspecified atom stereocenters. The van der Waals surface area contributed by atoms with Crippen LogP contribution < -0.4 is 0 Å². The van der Waals surface area contributed by atoms with E-state index >= 15 is 0 Å². The van der Waals surface area contributed by atoms with Crippen LogP contribution in [0.25, 0.3) is 16.3 Å². The maximum Gasteiger partial charge on any atom is 0.0577 e. The summed E-state index contributed by atoms with van der Waals surface area (Å²) in [5, 5.41) is 12.8. The van der Waals surface area contributed by atoms with Crippen molar-refractivity contribution in [3.05, 3.63) is 59.9 Å². The molecule has 0 spiro atoms. The van der Waals surface area contributed by atoms with E-state index in [1.54, 1.807) is 11.1 Å². The Hall–Kier alpha value is -1.93. The minimum Gasteiger partial charge on any atom is -0.393 e. The number of pyridine rings is 1. The van der Waals surface area contributed by atoms with Gasteiger partial charge in [0.05, 0.1) is 6.10 Å². The van der Waals surface area contributed by atoms with Crippen LogP contribution >= 0.6 is 0 Å². The van der Waals surface area contributed by atoms with Crippen LogP contribution in [0.2, 0.25) is 0 Å². The molecule has 2 fully saturated rings. The number of aliphatic hydroxyl groups excluding tert-OH is 1. The number of aromatic nitrogens is 1. The molecule has 1 heterocycles. The van der Waals surface area contributed by atoms with Crippen molar-refractivity contribution in [1.82, 2.24) is 4.98 Å². The summed E-state index contributed by atoms with van der Waals surface area (Å²) in [7, 11) is 0. The average Bonchev–Trinajstić information content (AvgIpc) is 3.11. The Morgan fingerprint density at radius 1 is 0.933 bits per heavy atom. The predicted molar refractivity (Wildman–Crippen MR) is 123 cm³/mol. The quantitative estimate of drug-likeness (QED) is 0.551. The van der Waals surface area contributed by atoms with Gasteiger partial charge in [0.15, 0.2) is 0 Å². The standard InChI is InChI=1S/C28H33NO/c1-27-12-9-22(30)16-21(27)5-6-23-25-8-7-24(28(25,2)13-10-26(23)27)19-3-4-20-17-29-14-11-18(20)15-19/h3-5,7,11,14-15,17,22-23,25-26,30H,6,8-10,12-13,16H2,1-2H3/t22-,23+,25+,26+,27+,28-/m1/s1. The normalized spacial score (nSPS) is 40.2. The van der Waals surface area contributed by atoms with E-state index < -0.39 is 0 Å². The molecule has 1 aromatic heterocycles. The highest BCUT2D eigenvalue weighted by Gasteiger charge is 2.56. The molecule has 4 aliphatic carbocycles. The van der Waals surface area contributed by atoms with E-state index in [0.29, 0.717) is 5.41 Å². The van der Waals surface area contributed by atoms with Crippen molar-refractivity contribution in [3.63, 3.8) is 0 Å². The molecule has 1 N–H and O–H groups in total. The first-order valence-electron chi connectivity index (χ1n) is 11.9. The molecule has 6 rings (SSSR count). The lowest BCUT2D eigenvalue weighted by Crippen LogP contribution is -2.49. The van der Waals surface area contributed by atoms with Gasteiger partial charge in [-0.2, -0.15) is 0 Å². The van der Waals surface area contributed by atoms with Crippen molar-refractivity contribution in [2.75, 3.05) is 0 Å². The lowest BCUT2D eigenvalue weighted by molar-refractivity contribution is -0.0238. The topological polar surface area (TPSA) is 33.1 Å². The molecule has 2 aromatic rings. The van der Waals surface area contributed by atoms with Crippen LogP contribution in [0.15, 0.2) is 54.4 Å². The highest BCUT2D eigenvalue weighted by atomic mass is 16.3. The molecule has 0 bridgehead atoms. The molecule has 0 radical (unpaired) electrons. The van der Waals surface area contributed by atoms with Crippen LogP contribution in [-0.2, 0) is 0 Å². The zero-order valence-electron chi connectivity index (χ0n) is 18.3. The zero-order valence-corrected chi connectivity index (χ0v) is 18.3. The van der Waals surface area contributed by atoms with Crippen LogP contribution in [0.3, 0.4) is 0 Å². The monoisotopic (exact) mass is 399 g/mol. The van der Waals surface area contributed by atoms with Gasteiger partial charge in [-0.25, -0.2) is 0 Å². The van der Waals surface area contributed by atoms with Crippen molar-refractivity contribution in [1.29, 1.82) is 0 Å². The van der Waals surface area contributed by atoms with E-state index in [1.165, 1.54) is 48.4 Å². The van der Waals surface area contributed by atoms with Gasteiger partial charge in [0.2, 0.25) is 0 Å². The summed E-state index contributed by atoms with van der Waals surface area (Å²) in [6, 6.07) is 9.07. The van der Waals surface area contributed by atoms with E-state index in [1.807, 2.05) is 12.4 Å². The Labute approximate surface area is 180 Å². The Morgan fingerprint density at radius 3 is 2.70 bits per heavy atom. The van der Waals surface area contributed by atoms with E-state index in [9.17, 15) is 5.11 Å². The van der Waals surface area contributed by atoms with Crippen LogP contribution in [0.5, 0.6) is 0 Å². The summed E-state index contributed by atoms with van der Waals surface area (Å²) in [5.74, 6) is 2.32. The van der Waals surface area contributed by atoms with E-state index in [2.05, 4.69) is 55.2 Å². The number of fused-ring (bicyclic) bond motifs is 6. The van der Waals surface area contributed by atoms with Gasteiger partial charge in [-0.3, -0.25) is 4.98 Å². The number of hydrogen-bond donors (Lipinski definition) is 1. The summed E-state index contributed by atoms with van der Waals surface area (Å²) >= 11 is 0. The number of allylic oxidation sites excluding steroid dienone is 3. The molecular formula is C28H33NO. The van der Waals surface area contributed by atoms with Gasteiger partial charge in [0, 0.05) is 17.8 Å². The number of aliphatic hydroxyl groups is 1.